The third kappa shape index (κ3) is 6.07. The first-order valence-electron chi connectivity index (χ1n) is 11.9. The largest absolute Gasteiger partial charge is 0.435 e. The van der Waals surface area contributed by atoms with Crippen LogP contribution in [-0.4, -0.2) is 78.7 Å². The molecular formula is C23H30F3N5O4S. The summed E-state index contributed by atoms with van der Waals surface area (Å²) in [6.07, 6.45) is -1.33. The number of anilines is 1. The number of alkyl halides is 3. The van der Waals surface area contributed by atoms with Crippen molar-refractivity contribution in [3.8, 4) is 0 Å². The lowest BCUT2D eigenvalue weighted by molar-refractivity contribution is -0.141. The summed E-state index contributed by atoms with van der Waals surface area (Å²) in [4.78, 5) is 14.9. The number of sulfonamides is 1. The van der Waals surface area contributed by atoms with Crippen LogP contribution in [0.2, 0.25) is 0 Å². The van der Waals surface area contributed by atoms with Gasteiger partial charge < -0.3 is 10.1 Å². The summed E-state index contributed by atoms with van der Waals surface area (Å²) in [7, 11) is -2.50. The third-order valence-corrected chi connectivity index (χ3v) is 8.54. The number of piperidine rings is 1. The number of ether oxygens (including phenoxy) is 1. The molecule has 1 N–H and O–H groups in total. The zero-order chi connectivity index (χ0) is 25.9. The van der Waals surface area contributed by atoms with Gasteiger partial charge in [0.1, 0.15) is 5.69 Å². The van der Waals surface area contributed by atoms with E-state index in [0.29, 0.717) is 25.8 Å². The predicted octanol–water partition coefficient (Wildman–Crippen LogP) is 2.96. The van der Waals surface area contributed by atoms with Gasteiger partial charge in [-0.15, -0.1) is 0 Å². The SMILES string of the molecule is Cn1nc(C(F)(F)F)cc1C(=O)Nc1ccc(S(=O)(=O)N2CCCC[C@H]2CCN2CCOCC2)cc1. The fourth-order valence-corrected chi connectivity index (χ4v) is 6.32. The number of rotatable bonds is 7. The van der Waals surface area contributed by atoms with Gasteiger partial charge in [0.15, 0.2) is 5.69 Å². The zero-order valence-corrected chi connectivity index (χ0v) is 20.8. The van der Waals surface area contributed by atoms with Crippen LogP contribution in [0.4, 0.5) is 18.9 Å². The molecule has 9 nitrogen and oxygen atoms in total. The van der Waals surface area contributed by atoms with E-state index in [4.69, 9.17) is 4.74 Å². The molecule has 1 amide bonds. The molecular weight excluding hydrogens is 499 g/mol. The highest BCUT2D eigenvalue weighted by molar-refractivity contribution is 7.89. The van der Waals surface area contributed by atoms with Crippen LogP contribution in [0.1, 0.15) is 41.9 Å². The summed E-state index contributed by atoms with van der Waals surface area (Å²) in [6.45, 7) is 4.36. The molecule has 0 aliphatic carbocycles. The molecule has 0 unspecified atom stereocenters. The molecule has 4 rings (SSSR count). The van der Waals surface area contributed by atoms with E-state index in [1.54, 1.807) is 4.31 Å². The normalized spacial score (nSPS) is 20.4. The van der Waals surface area contributed by atoms with Crippen LogP contribution >= 0.6 is 0 Å². The molecule has 2 fully saturated rings. The van der Waals surface area contributed by atoms with Crippen molar-refractivity contribution in [2.75, 3.05) is 44.7 Å². The van der Waals surface area contributed by atoms with Gasteiger partial charge in [0.2, 0.25) is 10.0 Å². The van der Waals surface area contributed by atoms with Crippen LogP contribution in [-0.2, 0) is 28.0 Å². The maximum atomic E-state index is 13.4. The number of nitrogens with zero attached hydrogens (tertiary/aromatic N) is 4. The zero-order valence-electron chi connectivity index (χ0n) is 20.0. The summed E-state index contributed by atoms with van der Waals surface area (Å²) in [6, 6.07) is 6.25. The molecule has 2 aliphatic heterocycles. The summed E-state index contributed by atoms with van der Waals surface area (Å²) in [5.74, 6) is -0.782. The van der Waals surface area contributed by atoms with E-state index >= 15 is 0 Å². The Balaban J connectivity index is 1.43. The molecule has 3 heterocycles. The average molecular weight is 530 g/mol. The second kappa shape index (κ2) is 10.9. The molecule has 0 spiro atoms. The number of benzene rings is 1. The first-order valence-corrected chi connectivity index (χ1v) is 13.3. The molecule has 2 aliphatic rings. The van der Waals surface area contributed by atoms with Gasteiger partial charge in [0.25, 0.3) is 5.91 Å². The second-order valence-corrected chi connectivity index (χ2v) is 10.9. The van der Waals surface area contributed by atoms with E-state index in [1.165, 1.54) is 31.3 Å². The molecule has 0 radical (unpaired) electrons. The van der Waals surface area contributed by atoms with Crippen molar-refractivity contribution in [1.82, 2.24) is 19.0 Å². The summed E-state index contributed by atoms with van der Waals surface area (Å²) in [5, 5.41) is 5.83. The molecule has 2 saturated heterocycles. The topological polar surface area (TPSA) is 96.8 Å². The van der Waals surface area contributed by atoms with Gasteiger partial charge in [-0.25, -0.2) is 8.42 Å². The fraction of sp³-hybridized carbons (Fsp3) is 0.565. The Bertz CT molecular complexity index is 1160. The maximum absolute atomic E-state index is 13.4. The first-order chi connectivity index (χ1) is 17.1. The molecule has 0 saturated carbocycles. The van der Waals surface area contributed by atoms with Crippen LogP contribution in [0.5, 0.6) is 0 Å². The van der Waals surface area contributed by atoms with E-state index in [1.807, 2.05) is 0 Å². The van der Waals surface area contributed by atoms with E-state index in [9.17, 15) is 26.4 Å². The number of amides is 1. The van der Waals surface area contributed by atoms with Gasteiger partial charge in [-0.05, 0) is 50.1 Å². The van der Waals surface area contributed by atoms with Crippen molar-refractivity contribution in [2.45, 2.75) is 42.8 Å². The highest BCUT2D eigenvalue weighted by Crippen LogP contribution is 2.30. The number of carbonyl (C=O) groups is 1. The van der Waals surface area contributed by atoms with Crippen molar-refractivity contribution in [3.05, 3.63) is 41.7 Å². The van der Waals surface area contributed by atoms with Gasteiger partial charge in [-0.3, -0.25) is 14.4 Å². The molecule has 0 bridgehead atoms. The van der Waals surface area contributed by atoms with Gasteiger partial charge >= 0.3 is 6.18 Å². The Morgan fingerprint density at radius 3 is 2.47 bits per heavy atom. The quantitative estimate of drug-likeness (QED) is 0.593. The monoisotopic (exact) mass is 529 g/mol. The molecule has 198 valence electrons. The number of halogens is 3. The van der Waals surface area contributed by atoms with Crippen molar-refractivity contribution < 1.29 is 31.1 Å². The van der Waals surface area contributed by atoms with E-state index in [-0.39, 0.29) is 22.3 Å². The Hall–Kier alpha value is -2.48. The second-order valence-electron chi connectivity index (χ2n) is 9.02. The molecule has 1 aromatic heterocycles. The fourth-order valence-electron chi connectivity index (χ4n) is 4.59. The highest BCUT2D eigenvalue weighted by Gasteiger charge is 2.36. The van der Waals surface area contributed by atoms with Crippen molar-refractivity contribution in [2.24, 2.45) is 7.05 Å². The lowest BCUT2D eigenvalue weighted by Crippen LogP contribution is -2.46. The number of nitrogens with one attached hydrogen (secondary N) is 1. The highest BCUT2D eigenvalue weighted by atomic mass is 32.2. The minimum atomic E-state index is -4.67. The molecule has 13 heteroatoms. The number of hydrogen-bond donors (Lipinski definition) is 1. The molecule has 1 aromatic carbocycles. The van der Waals surface area contributed by atoms with Gasteiger partial charge in [0.05, 0.1) is 18.1 Å². The van der Waals surface area contributed by atoms with Crippen LogP contribution in [0.25, 0.3) is 0 Å². The smallest absolute Gasteiger partial charge is 0.379 e. The standard InChI is InChI=1S/C23H30F3N5O4S/c1-29-20(16-21(28-29)23(24,25)26)22(32)27-17-5-7-19(8-6-17)36(33,34)31-10-3-2-4-18(31)9-11-30-12-14-35-15-13-30/h5-8,16,18H,2-4,9-15H2,1H3,(H,27,32)/t18-/m0/s1. The molecule has 2 aromatic rings. The Morgan fingerprint density at radius 2 is 1.83 bits per heavy atom. The lowest BCUT2D eigenvalue weighted by atomic mass is 10.0. The van der Waals surface area contributed by atoms with Gasteiger partial charge in [0, 0.05) is 44.5 Å². The lowest BCUT2D eigenvalue weighted by Gasteiger charge is -2.36. The third-order valence-electron chi connectivity index (χ3n) is 6.58. The van der Waals surface area contributed by atoms with Crippen LogP contribution < -0.4 is 5.32 Å². The van der Waals surface area contributed by atoms with E-state index in [2.05, 4.69) is 15.3 Å². The van der Waals surface area contributed by atoms with E-state index < -0.39 is 27.8 Å². The van der Waals surface area contributed by atoms with E-state index in [0.717, 1.165) is 50.0 Å². The van der Waals surface area contributed by atoms with Crippen molar-refractivity contribution >= 4 is 21.6 Å². The Morgan fingerprint density at radius 1 is 1.14 bits per heavy atom. The van der Waals surface area contributed by atoms with Gasteiger partial charge in [-0.1, -0.05) is 6.42 Å². The maximum Gasteiger partial charge on any atom is 0.435 e. The Kier molecular flexibility index (Phi) is 8.03. The number of aryl methyl sites for hydroxylation is 1. The first kappa shape index (κ1) is 26.6. The molecule has 36 heavy (non-hydrogen) atoms. The predicted molar refractivity (Wildman–Crippen MR) is 126 cm³/mol. The van der Waals surface area contributed by atoms with Crippen LogP contribution in [0, 0.1) is 0 Å². The number of aromatic nitrogens is 2. The average Bonchev–Trinajstić information content (AvgIpc) is 3.26. The number of carbonyl (C=O) groups excluding carboxylic acids is 1. The number of morpholine rings is 1. The van der Waals surface area contributed by atoms with Crippen LogP contribution in [0.3, 0.4) is 0 Å². The molecule has 1 atom stereocenters. The minimum Gasteiger partial charge on any atom is -0.379 e. The Labute approximate surface area is 208 Å². The summed E-state index contributed by atoms with van der Waals surface area (Å²) < 4.78 is 73.3. The number of hydrogen-bond acceptors (Lipinski definition) is 6. The minimum absolute atomic E-state index is 0.0846. The van der Waals surface area contributed by atoms with Crippen LogP contribution in [0.15, 0.2) is 35.2 Å². The van der Waals surface area contributed by atoms with Crippen molar-refractivity contribution in [1.29, 1.82) is 0 Å². The van der Waals surface area contributed by atoms with Gasteiger partial charge in [-0.2, -0.15) is 22.6 Å². The summed E-state index contributed by atoms with van der Waals surface area (Å²) >= 11 is 0. The summed E-state index contributed by atoms with van der Waals surface area (Å²) in [5.41, 5.74) is -1.17. The van der Waals surface area contributed by atoms with Crippen molar-refractivity contribution in [3.63, 3.8) is 0 Å².